The molecular weight excluding hydrogens is 154 g/mol. The monoisotopic (exact) mass is 175 g/mol. The van der Waals surface area contributed by atoms with Gasteiger partial charge in [-0.15, -0.1) is 0 Å². The minimum atomic E-state index is 0.463. The summed E-state index contributed by atoms with van der Waals surface area (Å²) in [5.41, 5.74) is 5.98. The Bertz CT molecular complexity index is 91.6. The van der Waals surface area contributed by atoms with Crippen LogP contribution in [-0.4, -0.2) is 18.6 Å². The average molecular weight is 175 g/mol. The molecule has 0 saturated heterocycles. The highest BCUT2D eigenvalue weighted by Crippen LogP contribution is 2.26. The second kappa shape index (κ2) is 5.90. The van der Waals surface area contributed by atoms with E-state index in [0.717, 1.165) is 13.0 Å². The van der Waals surface area contributed by atoms with Gasteiger partial charge in [0, 0.05) is 0 Å². The fourth-order valence-corrected chi connectivity index (χ4v) is 1.64. The van der Waals surface area contributed by atoms with Crippen molar-refractivity contribution in [3.05, 3.63) is 0 Å². The summed E-state index contributed by atoms with van der Waals surface area (Å²) in [6.45, 7) is 5.44. The van der Waals surface area contributed by atoms with Crippen molar-refractivity contribution in [2.45, 2.75) is 33.1 Å². The fraction of sp³-hybridized carbons (Fsp3) is 1.00. The van der Waals surface area contributed by atoms with E-state index in [-0.39, 0.29) is 0 Å². The van der Waals surface area contributed by atoms with Gasteiger partial charge >= 0.3 is 0 Å². The number of rotatable bonds is 6. The molecule has 68 valence electrons. The largest absolute Gasteiger partial charge is 0.330 e. The van der Waals surface area contributed by atoms with E-state index in [4.69, 9.17) is 5.73 Å². The van der Waals surface area contributed by atoms with Gasteiger partial charge in [0.05, 0.1) is 0 Å². The zero-order valence-electron chi connectivity index (χ0n) is 8.02. The van der Waals surface area contributed by atoms with Gasteiger partial charge in [-0.2, -0.15) is 11.8 Å². The molecule has 0 aliphatic heterocycles. The van der Waals surface area contributed by atoms with E-state index >= 15 is 0 Å². The van der Waals surface area contributed by atoms with E-state index in [1.165, 1.54) is 18.6 Å². The van der Waals surface area contributed by atoms with Crippen LogP contribution in [0.5, 0.6) is 0 Å². The third-order valence-corrected chi connectivity index (χ3v) is 2.72. The summed E-state index contributed by atoms with van der Waals surface area (Å²) in [5.74, 6) is 1.29. The summed E-state index contributed by atoms with van der Waals surface area (Å²) in [6, 6.07) is 0. The van der Waals surface area contributed by atoms with Gasteiger partial charge in [0.2, 0.25) is 0 Å². The van der Waals surface area contributed by atoms with Crippen LogP contribution in [0.25, 0.3) is 0 Å². The summed E-state index contributed by atoms with van der Waals surface area (Å²) < 4.78 is 0. The molecule has 0 aromatic heterocycles. The predicted octanol–water partition coefficient (Wildman–Crippen LogP) is 2.50. The Balaban J connectivity index is 3.38. The highest BCUT2D eigenvalue weighted by Gasteiger charge is 2.15. The molecule has 0 fully saturated rings. The van der Waals surface area contributed by atoms with Gasteiger partial charge in [0.1, 0.15) is 0 Å². The number of thioether (sulfide) groups is 1. The van der Waals surface area contributed by atoms with Gasteiger partial charge < -0.3 is 5.73 Å². The third kappa shape index (κ3) is 6.70. The van der Waals surface area contributed by atoms with Gasteiger partial charge in [0.25, 0.3) is 0 Å². The molecule has 0 atom stereocenters. The smallest absolute Gasteiger partial charge is 0.00701 e. The van der Waals surface area contributed by atoms with Crippen LogP contribution in [0.2, 0.25) is 0 Å². The van der Waals surface area contributed by atoms with Crippen LogP contribution in [0.15, 0.2) is 0 Å². The quantitative estimate of drug-likeness (QED) is 0.628. The first-order chi connectivity index (χ1) is 5.12. The number of hydrogen-bond donors (Lipinski definition) is 1. The summed E-state index contributed by atoms with van der Waals surface area (Å²) >= 11 is 1.93. The molecule has 0 unspecified atom stereocenters. The van der Waals surface area contributed by atoms with Gasteiger partial charge in [-0.3, -0.25) is 0 Å². The molecule has 0 amide bonds. The van der Waals surface area contributed by atoms with Crippen molar-refractivity contribution < 1.29 is 0 Å². The van der Waals surface area contributed by atoms with Crippen LogP contribution in [0.4, 0.5) is 0 Å². The Kier molecular flexibility index (Phi) is 6.06. The standard InChI is InChI=1S/C9H21NS/c1-9(2,6-7-10)5-4-8-11-3/h4-8,10H2,1-3H3. The topological polar surface area (TPSA) is 26.0 Å². The molecule has 0 radical (unpaired) electrons. The molecule has 0 heterocycles. The van der Waals surface area contributed by atoms with Crippen LogP contribution in [0.1, 0.15) is 33.1 Å². The Morgan fingerprint density at radius 2 is 1.91 bits per heavy atom. The second-order valence-corrected chi connectivity index (χ2v) is 4.78. The molecule has 11 heavy (non-hydrogen) atoms. The van der Waals surface area contributed by atoms with Gasteiger partial charge in [-0.05, 0) is 43.2 Å². The molecule has 0 aromatic rings. The zero-order valence-corrected chi connectivity index (χ0v) is 8.84. The van der Waals surface area contributed by atoms with E-state index in [9.17, 15) is 0 Å². The Morgan fingerprint density at radius 1 is 1.27 bits per heavy atom. The summed E-state index contributed by atoms with van der Waals surface area (Å²) in [5, 5.41) is 0. The average Bonchev–Trinajstić information content (AvgIpc) is 1.87. The summed E-state index contributed by atoms with van der Waals surface area (Å²) in [4.78, 5) is 0. The van der Waals surface area contributed by atoms with E-state index < -0.39 is 0 Å². The molecule has 0 aliphatic carbocycles. The lowest BCUT2D eigenvalue weighted by atomic mass is 9.85. The first-order valence-corrected chi connectivity index (χ1v) is 5.71. The predicted molar refractivity (Wildman–Crippen MR) is 55.1 cm³/mol. The molecule has 2 N–H and O–H groups in total. The van der Waals surface area contributed by atoms with Crippen molar-refractivity contribution in [3.8, 4) is 0 Å². The van der Waals surface area contributed by atoms with E-state index in [0.29, 0.717) is 5.41 Å². The Hall–Kier alpha value is 0.310. The van der Waals surface area contributed by atoms with Crippen LogP contribution in [0.3, 0.4) is 0 Å². The van der Waals surface area contributed by atoms with Crippen molar-refractivity contribution in [1.29, 1.82) is 0 Å². The summed E-state index contributed by atoms with van der Waals surface area (Å²) in [7, 11) is 0. The SMILES string of the molecule is CSCCCC(C)(C)CCN. The van der Waals surface area contributed by atoms with Crippen LogP contribution >= 0.6 is 11.8 Å². The molecule has 1 nitrogen and oxygen atoms in total. The van der Waals surface area contributed by atoms with E-state index in [2.05, 4.69) is 20.1 Å². The second-order valence-electron chi connectivity index (χ2n) is 3.80. The van der Waals surface area contributed by atoms with Crippen LogP contribution in [-0.2, 0) is 0 Å². The minimum Gasteiger partial charge on any atom is -0.330 e. The highest BCUT2D eigenvalue weighted by molar-refractivity contribution is 7.98. The first kappa shape index (κ1) is 11.3. The molecule has 2 heteroatoms. The van der Waals surface area contributed by atoms with Crippen molar-refractivity contribution in [2.24, 2.45) is 11.1 Å². The lowest BCUT2D eigenvalue weighted by Crippen LogP contribution is -2.17. The van der Waals surface area contributed by atoms with Crippen molar-refractivity contribution >= 4 is 11.8 Å². The fourth-order valence-electron chi connectivity index (χ4n) is 1.21. The Labute approximate surface area is 75.1 Å². The lowest BCUT2D eigenvalue weighted by Gasteiger charge is -2.23. The zero-order chi connectivity index (χ0) is 8.74. The number of hydrogen-bond acceptors (Lipinski definition) is 2. The maximum atomic E-state index is 5.51. The maximum Gasteiger partial charge on any atom is -0.00701 e. The Morgan fingerprint density at radius 3 is 2.36 bits per heavy atom. The molecule has 0 saturated carbocycles. The molecule has 0 aliphatic rings. The lowest BCUT2D eigenvalue weighted by molar-refractivity contribution is 0.311. The normalized spacial score (nSPS) is 12.0. The molecule has 0 bridgehead atoms. The molecule has 0 aromatic carbocycles. The van der Waals surface area contributed by atoms with Gasteiger partial charge in [-0.25, -0.2) is 0 Å². The first-order valence-electron chi connectivity index (χ1n) is 4.31. The number of nitrogens with two attached hydrogens (primary N) is 1. The van der Waals surface area contributed by atoms with Crippen LogP contribution in [0, 0.1) is 5.41 Å². The summed E-state index contributed by atoms with van der Waals surface area (Å²) in [6.07, 6.45) is 5.95. The van der Waals surface area contributed by atoms with Gasteiger partial charge in [-0.1, -0.05) is 13.8 Å². The van der Waals surface area contributed by atoms with Gasteiger partial charge in [0.15, 0.2) is 0 Å². The van der Waals surface area contributed by atoms with Crippen molar-refractivity contribution in [2.75, 3.05) is 18.6 Å². The van der Waals surface area contributed by atoms with Crippen molar-refractivity contribution in [1.82, 2.24) is 0 Å². The van der Waals surface area contributed by atoms with E-state index in [1.807, 2.05) is 11.8 Å². The molecular formula is C9H21NS. The highest BCUT2D eigenvalue weighted by atomic mass is 32.2. The minimum absolute atomic E-state index is 0.463. The maximum absolute atomic E-state index is 5.51. The van der Waals surface area contributed by atoms with Crippen LogP contribution < -0.4 is 5.73 Å². The molecule has 0 spiro atoms. The van der Waals surface area contributed by atoms with E-state index in [1.54, 1.807) is 0 Å². The molecule has 0 rings (SSSR count). The third-order valence-electron chi connectivity index (χ3n) is 2.02. The van der Waals surface area contributed by atoms with Crippen molar-refractivity contribution in [3.63, 3.8) is 0 Å².